The average molecular weight is 461 g/mol. The number of carbonyl (C=O) groups is 1. The van der Waals surface area contributed by atoms with Crippen molar-refractivity contribution in [2.45, 2.75) is 19.5 Å². The first-order valence-electron chi connectivity index (χ1n) is 10.3. The number of nitrogens with zero attached hydrogens (tertiary/aromatic N) is 3. The molecular weight excluding hydrogens is 440 g/mol. The van der Waals surface area contributed by atoms with E-state index in [1.54, 1.807) is 54.6 Å². The fourth-order valence-electron chi connectivity index (χ4n) is 3.42. The van der Waals surface area contributed by atoms with Gasteiger partial charge in [0.1, 0.15) is 0 Å². The molecule has 0 aliphatic carbocycles. The number of nitrogens with one attached hydrogen (secondary N) is 1. The molecule has 4 rings (SSSR count). The van der Waals surface area contributed by atoms with Crippen LogP contribution in [0.25, 0.3) is 5.69 Å². The molecule has 1 heterocycles. The van der Waals surface area contributed by atoms with Gasteiger partial charge in [-0.15, -0.1) is 0 Å². The highest BCUT2D eigenvalue weighted by molar-refractivity contribution is 6.31. The summed E-state index contributed by atoms with van der Waals surface area (Å²) in [7, 11) is 0. The number of hydrogen-bond acceptors (Lipinski definition) is 4. The number of halogens is 1. The largest absolute Gasteiger partial charge is 0.352 e. The fraction of sp³-hybridized carbons (Fsp3) is 0.120. The van der Waals surface area contributed by atoms with Crippen LogP contribution in [0.2, 0.25) is 5.02 Å². The Morgan fingerprint density at radius 1 is 0.939 bits per heavy atom. The minimum Gasteiger partial charge on any atom is -0.344 e. The lowest BCUT2D eigenvalue weighted by molar-refractivity contribution is 0.0930. The van der Waals surface area contributed by atoms with Gasteiger partial charge >= 0.3 is 5.69 Å². The molecule has 0 radical (unpaired) electrons. The van der Waals surface area contributed by atoms with Crippen LogP contribution in [0.4, 0.5) is 0 Å². The van der Waals surface area contributed by atoms with Gasteiger partial charge in [-0.3, -0.25) is 14.2 Å². The fourth-order valence-corrected chi connectivity index (χ4v) is 3.62. The number of benzene rings is 3. The molecule has 1 amide bonds. The lowest BCUT2D eigenvalue weighted by atomic mass is 10.1. The molecule has 1 N–H and O–H groups in total. The van der Waals surface area contributed by atoms with E-state index in [-0.39, 0.29) is 18.3 Å². The Balaban J connectivity index is 1.81. The van der Waals surface area contributed by atoms with Crippen molar-refractivity contribution in [3.8, 4) is 5.69 Å². The lowest BCUT2D eigenvalue weighted by Crippen LogP contribution is -2.46. The van der Waals surface area contributed by atoms with E-state index in [4.69, 9.17) is 11.6 Å². The van der Waals surface area contributed by atoms with E-state index in [0.717, 1.165) is 14.8 Å². The van der Waals surface area contributed by atoms with Gasteiger partial charge in [0.2, 0.25) is 5.69 Å². The normalized spacial score (nSPS) is 11.7. The molecule has 0 saturated carbocycles. The molecule has 4 aromatic rings. The number of aromatic nitrogens is 3. The zero-order valence-electron chi connectivity index (χ0n) is 17.8. The van der Waals surface area contributed by atoms with Gasteiger partial charge in [0.05, 0.1) is 18.3 Å². The van der Waals surface area contributed by atoms with Crippen LogP contribution in [0, 0.1) is 0 Å². The summed E-state index contributed by atoms with van der Waals surface area (Å²) in [5.74, 6) is -0.672. The lowest BCUT2D eigenvalue weighted by Gasteiger charge is -2.16. The standard InChI is InChI=1S/C25H21ClN4O3/c1-17(18-10-4-2-5-11-18)27-23(31)22-24(32)29(16-19-12-8-9-15-21(19)26)25(33)30(28-22)20-13-6-3-7-14-20/h2-15,17H,16H2,1H3,(H,27,31)/t17-/m0/s1. The monoisotopic (exact) mass is 460 g/mol. The van der Waals surface area contributed by atoms with Gasteiger partial charge in [0, 0.05) is 5.02 Å². The van der Waals surface area contributed by atoms with Crippen molar-refractivity contribution in [1.29, 1.82) is 0 Å². The SMILES string of the molecule is C[C@H](NC(=O)c1nn(-c2ccccc2)c(=O)n(Cc2ccccc2Cl)c1=O)c1ccccc1. The highest BCUT2D eigenvalue weighted by Crippen LogP contribution is 2.15. The molecule has 0 fully saturated rings. The van der Waals surface area contributed by atoms with Crippen molar-refractivity contribution < 1.29 is 4.79 Å². The van der Waals surface area contributed by atoms with Crippen LogP contribution in [0.5, 0.6) is 0 Å². The molecule has 33 heavy (non-hydrogen) atoms. The van der Waals surface area contributed by atoms with Crippen molar-refractivity contribution in [3.63, 3.8) is 0 Å². The smallest absolute Gasteiger partial charge is 0.344 e. The summed E-state index contributed by atoms with van der Waals surface area (Å²) in [5.41, 5.74) is 0.0457. The van der Waals surface area contributed by atoms with Crippen molar-refractivity contribution in [3.05, 3.63) is 128 Å². The van der Waals surface area contributed by atoms with Crippen molar-refractivity contribution >= 4 is 17.5 Å². The summed E-state index contributed by atoms with van der Waals surface area (Å²) in [4.78, 5) is 39.5. The van der Waals surface area contributed by atoms with Crippen LogP contribution in [0.15, 0.2) is 94.5 Å². The van der Waals surface area contributed by atoms with Crippen molar-refractivity contribution in [2.24, 2.45) is 0 Å². The maximum atomic E-state index is 13.2. The van der Waals surface area contributed by atoms with E-state index in [1.807, 2.05) is 37.3 Å². The summed E-state index contributed by atoms with van der Waals surface area (Å²) in [5, 5.41) is 7.35. The molecule has 166 valence electrons. The number of rotatable bonds is 6. The Kier molecular flexibility index (Phi) is 6.51. The molecule has 1 atom stereocenters. The molecular formula is C25H21ClN4O3. The van der Waals surface area contributed by atoms with Gasteiger partial charge < -0.3 is 5.32 Å². The first kappa shape index (κ1) is 22.2. The molecule has 3 aromatic carbocycles. The second-order valence-corrected chi connectivity index (χ2v) is 7.87. The van der Waals surface area contributed by atoms with Gasteiger partial charge in [-0.1, -0.05) is 78.3 Å². The summed E-state index contributed by atoms with van der Waals surface area (Å²) < 4.78 is 2.03. The van der Waals surface area contributed by atoms with Crippen molar-refractivity contribution in [1.82, 2.24) is 19.7 Å². The number of carbonyl (C=O) groups excluding carboxylic acids is 1. The molecule has 8 heteroatoms. The number of para-hydroxylation sites is 1. The summed E-state index contributed by atoms with van der Waals surface area (Å²) in [6.07, 6.45) is 0. The Hall–Kier alpha value is -3.97. The van der Waals surface area contributed by atoms with E-state index >= 15 is 0 Å². The van der Waals surface area contributed by atoms with Crippen molar-refractivity contribution in [2.75, 3.05) is 0 Å². The first-order chi connectivity index (χ1) is 16.0. The van der Waals surface area contributed by atoms with Crippen LogP contribution >= 0.6 is 11.6 Å². The minimum absolute atomic E-state index is 0.0960. The summed E-state index contributed by atoms with van der Waals surface area (Å²) in [6.45, 7) is 1.71. The third-order valence-electron chi connectivity index (χ3n) is 5.21. The molecule has 0 bridgehead atoms. The van der Waals surface area contributed by atoms with Gasteiger partial charge in [-0.05, 0) is 36.2 Å². The van der Waals surface area contributed by atoms with Gasteiger partial charge in [-0.25, -0.2) is 4.79 Å². The maximum Gasteiger partial charge on any atom is 0.352 e. The van der Waals surface area contributed by atoms with E-state index in [9.17, 15) is 14.4 Å². The second kappa shape index (κ2) is 9.67. The molecule has 0 aliphatic rings. The Bertz CT molecular complexity index is 1400. The van der Waals surface area contributed by atoms with Crippen LogP contribution in [-0.4, -0.2) is 20.3 Å². The summed E-state index contributed by atoms with van der Waals surface area (Å²) in [6, 6.07) is 24.5. The van der Waals surface area contributed by atoms with Crippen LogP contribution < -0.4 is 16.6 Å². The quantitative estimate of drug-likeness (QED) is 0.476. The Morgan fingerprint density at radius 2 is 1.55 bits per heavy atom. The van der Waals surface area contributed by atoms with E-state index in [2.05, 4.69) is 10.4 Å². The zero-order valence-corrected chi connectivity index (χ0v) is 18.6. The number of amides is 1. The van der Waals surface area contributed by atoms with Crippen LogP contribution in [0.1, 0.15) is 34.6 Å². The number of hydrogen-bond donors (Lipinski definition) is 1. The van der Waals surface area contributed by atoms with Gasteiger partial charge in [0.15, 0.2) is 0 Å². The van der Waals surface area contributed by atoms with E-state index in [1.165, 1.54) is 0 Å². The predicted molar refractivity (Wildman–Crippen MR) is 127 cm³/mol. The van der Waals surface area contributed by atoms with E-state index < -0.39 is 17.2 Å². The second-order valence-electron chi connectivity index (χ2n) is 7.47. The third kappa shape index (κ3) is 4.78. The average Bonchev–Trinajstić information content (AvgIpc) is 2.84. The molecule has 0 aliphatic heterocycles. The topological polar surface area (TPSA) is 86.0 Å². The maximum absolute atomic E-state index is 13.2. The first-order valence-corrected chi connectivity index (χ1v) is 10.7. The Labute approximate surface area is 194 Å². The Morgan fingerprint density at radius 3 is 2.21 bits per heavy atom. The molecule has 0 spiro atoms. The van der Waals surface area contributed by atoms with Gasteiger partial charge in [-0.2, -0.15) is 9.78 Å². The molecule has 1 aromatic heterocycles. The highest BCUT2D eigenvalue weighted by Gasteiger charge is 2.22. The third-order valence-corrected chi connectivity index (χ3v) is 5.58. The predicted octanol–water partition coefficient (Wildman–Crippen LogP) is 3.59. The molecule has 0 saturated heterocycles. The highest BCUT2D eigenvalue weighted by atomic mass is 35.5. The molecule has 0 unspecified atom stereocenters. The van der Waals surface area contributed by atoms with Gasteiger partial charge in [0.25, 0.3) is 11.5 Å². The van der Waals surface area contributed by atoms with E-state index in [0.29, 0.717) is 16.3 Å². The zero-order chi connectivity index (χ0) is 23.4. The molecule has 7 nitrogen and oxygen atoms in total. The van der Waals surface area contributed by atoms with Crippen LogP contribution in [0.3, 0.4) is 0 Å². The summed E-state index contributed by atoms with van der Waals surface area (Å²) >= 11 is 6.26. The van der Waals surface area contributed by atoms with Crippen LogP contribution in [-0.2, 0) is 6.54 Å². The minimum atomic E-state index is -0.787.